The summed E-state index contributed by atoms with van der Waals surface area (Å²) in [4.78, 5) is 25.3. The first-order valence-corrected chi connectivity index (χ1v) is 14.6. The van der Waals surface area contributed by atoms with Gasteiger partial charge in [-0.25, -0.2) is 13.4 Å². The van der Waals surface area contributed by atoms with Crippen molar-refractivity contribution in [3.63, 3.8) is 0 Å². The van der Waals surface area contributed by atoms with Crippen LogP contribution in [0.15, 0.2) is 65.7 Å². The summed E-state index contributed by atoms with van der Waals surface area (Å²) < 4.78 is 29.2. The van der Waals surface area contributed by atoms with Crippen LogP contribution < -0.4 is 4.90 Å². The van der Waals surface area contributed by atoms with Crippen molar-refractivity contribution in [2.45, 2.75) is 45.1 Å². The van der Waals surface area contributed by atoms with E-state index in [2.05, 4.69) is 18.0 Å². The van der Waals surface area contributed by atoms with E-state index < -0.39 is 15.9 Å². The van der Waals surface area contributed by atoms with Gasteiger partial charge in [-0.2, -0.15) is 4.31 Å². The number of piperidine rings is 1. The molecule has 192 valence electrons. The van der Waals surface area contributed by atoms with E-state index in [-0.39, 0.29) is 23.9 Å². The molecule has 0 N–H and O–H groups in total. The average molecular weight is 535 g/mol. The molecule has 9 heteroatoms. The van der Waals surface area contributed by atoms with Crippen molar-refractivity contribution in [3.8, 4) is 0 Å². The Morgan fingerprint density at radius 3 is 2.59 bits per heavy atom. The Hall–Kier alpha value is -3.14. The van der Waals surface area contributed by atoms with Gasteiger partial charge in [-0.15, -0.1) is 0 Å². The second-order valence-electron chi connectivity index (χ2n) is 9.61. The first-order chi connectivity index (χ1) is 17.7. The molecule has 3 heterocycles. The summed E-state index contributed by atoms with van der Waals surface area (Å²) in [5.41, 5.74) is 4.89. The lowest BCUT2D eigenvalue weighted by Crippen LogP contribution is -2.46. The zero-order chi connectivity index (χ0) is 26.2. The Morgan fingerprint density at radius 2 is 1.86 bits per heavy atom. The van der Waals surface area contributed by atoms with Crippen molar-refractivity contribution in [1.29, 1.82) is 0 Å². The predicted molar refractivity (Wildman–Crippen MR) is 147 cm³/mol. The minimum atomic E-state index is -3.69. The summed E-state index contributed by atoms with van der Waals surface area (Å²) in [6, 6.07) is 16.6. The van der Waals surface area contributed by atoms with E-state index in [4.69, 9.17) is 4.98 Å². The van der Waals surface area contributed by atoms with Gasteiger partial charge in [0.15, 0.2) is 5.13 Å². The average Bonchev–Trinajstić information content (AvgIpc) is 3.35. The summed E-state index contributed by atoms with van der Waals surface area (Å²) in [5, 5.41) is 0.609. The molecule has 0 spiro atoms. The Morgan fingerprint density at radius 1 is 1.08 bits per heavy atom. The number of hydrogen-bond donors (Lipinski definition) is 0. The number of benzene rings is 2. The number of thiazole rings is 1. The van der Waals surface area contributed by atoms with E-state index in [0.29, 0.717) is 24.5 Å². The second kappa shape index (κ2) is 10.3. The van der Waals surface area contributed by atoms with Crippen LogP contribution in [0.2, 0.25) is 0 Å². The highest BCUT2D eigenvalue weighted by atomic mass is 32.2. The Balaban J connectivity index is 1.46. The lowest BCUT2D eigenvalue weighted by atomic mass is 9.98. The maximum absolute atomic E-state index is 14.0. The molecular weight excluding hydrogens is 504 g/mol. The van der Waals surface area contributed by atoms with Crippen LogP contribution >= 0.6 is 11.3 Å². The summed E-state index contributed by atoms with van der Waals surface area (Å²) >= 11 is 1.48. The van der Waals surface area contributed by atoms with E-state index in [1.165, 1.54) is 15.6 Å². The molecule has 0 radical (unpaired) electrons. The minimum absolute atomic E-state index is 0.122. The SMILES string of the molecule is Cc1ccc(S(=O)(=O)N2CCCC(C(=O)N(Cc3ccccn3)c3nc4c(C)c(C)ccc4s3)C2)cc1. The normalized spacial score (nSPS) is 16.7. The molecule has 7 nitrogen and oxygen atoms in total. The van der Waals surface area contributed by atoms with Gasteiger partial charge in [-0.05, 0) is 75.1 Å². The summed E-state index contributed by atoms with van der Waals surface area (Å²) in [7, 11) is -3.69. The third-order valence-electron chi connectivity index (χ3n) is 7.01. The zero-order valence-corrected chi connectivity index (χ0v) is 22.8. The lowest BCUT2D eigenvalue weighted by molar-refractivity contribution is -0.123. The quantitative estimate of drug-likeness (QED) is 0.337. The van der Waals surface area contributed by atoms with Gasteiger partial charge < -0.3 is 0 Å². The number of carbonyl (C=O) groups excluding carboxylic acids is 1. The molecule has 0 saturated carbocycles. The van der Waals surface area contributed by atoms with Crippen LogP contribution in [-0.2, 0) is 21.4 Å². The number of hydrogen-bond acceptors (Lipinski definition) is 6. The molecule has 1 fully saturated rings. The minimum Gasteiger partial charge on any atom is -0.282 e. The molecule has 2 aromatic heterocycles. The molecule has 0 aliphatic carbocycles. The van der Waals surface area contributed by atoms with Gasteiger partial charge in [-0.1, -0.05) is 41.2 Å². The first-order valence-electron chi connectivity index (χ1n) is 12.4. The van der Waals surface area contributed by atoms with Gasteiger partial charge in [0.1, 0.15) is 0 Å². The molecule has 1 aliphatic heterocycles. The van der Waals surface area contributed by atoms with Gasteiger partial charge in [0.2, 0.25) is 15.9 Å². The Bertz CT molecular complexity index is 1530. The highest BCUT2D eigenvalue weighted by Gasteiger charge is 2.36. The van der Waals surface area contributed by atoms with Gasteiger partial charge in [0, 0.05) is 19.3 Å². The lowest BCUT2D eigenvalue weighted by Gasteiger charge is -2.33. The first kappa shape index (κ1) is 25.5. The number of aryl methyl sites for hydroxylation is 3. The number of nitrogens with zero attached hydrogens (tertiary/aromatic N) is 4. The van der Waals surface area contributed by atoms with Crippen LogP contribution in [0.5, 0.6) is 0 Å². The van der Waals surface area contributed by atoms with E-state index >= 15 is 0 Å². The maximum atomic E-state index is 14.0. The zero-order valence-electron chi connectivity index (χ0n) is 21.2. The van der Waals surface area contributed by atoms with Crippen LogP contribution in [-0.4, -0.2) is 41.7 Å². The molecule has 1 unspecified atom stereocenters. The maximum Gasteiger partial charge on any atom is 0.243 e. The van der Waals surface area contributed by atoms with Gasteiger partial charge in [-0.3, -0.25) is 14.7 Å². The Kier molecular flexibility index (Phi) is 7.11. The van der Waals surface area contributed by atoms with Crippen LogP contribution in [0.1, 0.15) is 35.2 Å². The Labute approximate surface area is 221 Å². The number of anilines is 1. The largest absolute Gasteiger partial charge is 0.282 e. The molecule has 2 aromatic carbocycles. The number of pyridine rings is 1. The smallest absolute Gasteiger partial charge is 0.243 e. The standard InChI is InChI=1S/C28H30N4O3S2/c1-19-9-12-24(13-10-19)37(34,35)31-16-6-7-22(17-31)27(33)32(18-23-8-4-5-15-29-23)28-30-26-21(3)20(2)11-14-25(26)36-28/h4-5,8-15,22H,6-7,16-18H2,1-3H3. The van der Waals surface area contributed by atoms with Crippen LogP contribution in [0.25, 0.3) is 10.2 Å². The molecule has 37 heavy (non-hydrogen) atoms. The molecule has 1 atom stereocenters. The van der Waals surface area contributed by atoms with Crippen molar-refractivity contribution in [2.24, 2.45) is 5.92 Å². The van der Waals surface area contributed by atoms with Crippen molar-refractivity contribution in [2.75, 3.05) is 18.0 Å². The van der Waals surface area contributed by atoms with E-state index in [1.807, 2.05) is 38.1 Å². The van der Waals surface area contributed by atoms with Crippen LogP contribution in [0, 0.1) is 26.7 Å². The molecule has 1 aliphatic rings. The molecule has 0 bridgehead atoms. The van der Waals surface area contributed by atoms with E-state index in [1.54, 1.807) is 35.4 Å². The fourth-order valence-corrected chi connectivity index (χ4v) is 7.22. The predicted octanol–water partition coefficient (Wildman–Crippen LogP) is 5.25. The molecule has 4 aromatic rings. The van der Waals surface area contributed by atoms with E-state index in [9.17, 15) is 13.2 Å². The van der Waals surface area contributed by atoms with Crippen molar-refractivity contribution in [3.05, 3.63) is 83.2 Å². The highest BCUT2D eigenvalue weighted by Crippen LogP contribution is 2.34. The fourth-order valence-electron chi connectivity index (χ4n) is 4.67. The number of fused-ring (bicyclic) bond motifs is 1. The third kappa shape index (κ3) is 5.16. The number of carbonyl (C=O) groups is 1. The molecular formula is C28H30N4O3S2. The van der Waals surface area contributed by atoms with Crippen molar-refractivity contribution >= 4 is 42.6 Å². The molecule has 1 saturated heterocycles. The monoisotopic (exact) mass is 534 g/mol. The van der Waals surface area contributed by atoms with Crippen molar-refractivity contribution in [1.82, 2.24) is 14.3 Å². The molecule has 5 rings (SSSR count). The van der Waals surface area contributed by atoms with Crippen LogP contribution in [0.4, 0.5) is 5.13 Å². The second-order valence-corrected chi connectivity index (χ2v) is 12.6. The highest BCUT2D eigenvalue weighted by molar-refractivity contribution is 7.89. The van der Waals surface area contributed by atoms with Gasteiger partial charge >= 0.3 is 0 Å². The molecule has 1 amide bonds. The topological polar surface area (TPSA) is 83.5 Å². The third-order valence-corrected chi connectivity index (χ3v) is 9.93. The number of sulfonamides is 1. The van der Waals surface area contributed by atoms with Gasteiger partial charge in [0.05, 0.1) is 33.3 Å². The summed E-state index contributed by atoms with van der Waals surface area (Å²) in [6.07, 6.45) is 2.96. The van der Waals surface area contributed by atoms with Crippen molar-refractivity contribution < 1.29 is 13.2 Å². The fraction of sp³-hybridized carbons (Fsp3) is 0.321. The van der Waals surface area contributed by atoms with Gasteiger partial charge in [0.25, 0.3) is 0 Å². The summed E-state index contributed by atoms with van der Waals surface area (Å²) in [6.45, 7) is 6.85. The number of aromatic nitrogens is 2. The van der Waals surface area contributed by atoms with Crippen LogP contribution in [0.3, 0.4) is 0 Å². The number of rotatable bonds is 6. The van der Waals surface area contributed by atoms with E-state index in [0.717, 1.165) is 32.6 Å². The number of amides is 1. The summed E-state index contributed by atoms with van der Waals surface area (Å²) in [5.74, 6) is -0.588.